The average molecular weight is 292 g/mol. The molecule has 0 fully saturated rings. The molecule has 0 unspecified atom stereocenters. The standard InChI is InChI=1S/C12H10BrN3O/c1-8-6-16-12(17-8)7-15-11-3-2-9(5-14)4-10(11)13/h2-4,6,15H,7H2,1H3. The molecule has 0 spiro atoms. The van der Waals surface area contributed by atoms with Gasteiger partial charge < -0.3 is 9.73 Å². The predicted molar refractivity (Wildman–Crippen MR) is 67.4 cm³/mol. The van der Waals surface area contributed by atoms with Crippen LogP contribution in [0.5, 0.6) is 0 Å². The molecular formula is C12H10BrN3O. The molecule has 86 valence electrons. The summed E-state index contributed by atoms with van der Waals surface area (Å²) in [5.41, 5.74) is 1.52. The van der Waals surface area contributed by atoms with Crippen molar-refractivity contribution in [2.24, 2.45) is 0 Å². The number of rotatable bonds is 3. The summed E-state index contributed by atoms with van der Waals surface area (Å²) in [7, 11) is 0. The van der Waals surface area contributed by atoms with Gasteiger partial charge >= 0.3 is 0 Å². The molecule has 1 aromatic carbocycles. The lowest BCUT2D eigenvalue weighted by Gasteiger charge is -2.06. The van der Waals surface area contributed by atoms with E-state index in [2.05, 4.69) is 32.3 Å². The molecule has 0 radical (unpaired) electrons. The molecule has 0 saturated heterocycles. The molecule has 0 amide bonds. The largest absolute Gasteiger partial charge is 0.444 e. The predicted octanol–water partition coefficient (Wildman–Crippen LogP) is 3.23. The maximum atomic E-state index is 8.75. The van der Waals surface area contributed by atoms with E-state index in [1.165, 1.54) is 0 Å². The second-order valence-corrected chi connectivity index (χ2v) is 4.38. The van der Waals surface area contributed by atoms with Crippen LogP contribution >= 0.6 is 15.9 Å². The van der Waals surface area contributed by atoms with E-state index in [1.807, 2.05) is 13.0 Å². The summed E-state index contributed by atoms with van der Waals surface area (Å²) < 4.78 is 6.20. The van der Waals surface area contributed by atoms with Gasteiger partial charge in [0.1, 0.15) is 5.76 Å². The third-order valence-corrected chi connectivity index (χ3v) is 2.85. The van der Waals surface area contributed by atoms with Gasteiger partial charge in [-0.25, -0.2) is 4.98 Å². The third-order valence-electron chi connectivity index (χ3n) is 2.20. The van der Waals surface area contributed by atoms with Crippen molar-refractivity contribution >= 4 is 21.6 Å². The molecular weight excluding hydrogens is 282 g/mol. The number of anilines is 1. The quantitative estimate of drug-likeness (QED) is 0.943. The number of aromatic nitrogens is 1. The summed E-state index contributed by atoms with van der Waals surface area (Å²) in [5.74, 6) is 1.43. The van der Waals surface area contributed by atoms with Crippen LogP contribution in [0.15, 0.2) is 33.3 Å². The lowest BCUT2D eigenvalue weighted by molar-refractivity contribution is 0.479. The van der Waals surface area contributed by atoms with Crippen LogP contribution in [-0.4, -0.2) is 4.98 Å². The fourth-order valence-electron chi connectivity index (χ4n) is 1.38. The Morgan fingerprint density at radius 1 is 1.53 bits per heavy atom. The summed E-state index contributed by atoms with van der Waals surface area (Å²) in [6.07, 6.45) is 1.69. The topological polar surface area (TPSA) is 61.9 Å². The number of hydrogen-bond donors (Lipinski definition) is 1. The van der Waals surface area contributed by atoms with E-state index < -0.39 is 0 Å². The minimum Gasteiger partial charge on any atom is -0.444 e. The van der Waals surface area contributed by atoms with E-state index in [1.54, 1.807) is 18.3 Å². The molecule has 0 saturated carbocycles. The van der Waals surface area contributed by atoms with Crippen LogP contribution in [0, 0.1) is 18.3 Å². The SMILES string of the molecule is Cc1cnc(CNc2ccc(C#N)cc2Br)o1. The molecule has 0 aliphatic heterocycles. The van der Waals surface area contributed by atoms with E-state index in [0.29, 0.717) is 18.0 Å². The van der Waals surface area contributed by atoms with Crippen LogP contribution in [0.2, 0.25) is 0 Å². The summed E-state index contributed by atoms with van der Waals surface area (Å²) in [4.78, 5) is 4.10. The van der Waals surface area contributed by atoms with Crippen LogP contribution in [0.25, 0.3) is 0 Å². The Morgan fingerprint density at radius 3 is 2.94 bits per heavy atom. The van der Waals surface area contributed by atoms with Crippen LogP contribution in [0.3, 0.4) is 0 Å². The van der Waals surface area contributed by atoms with Gasteiger partial charge in [-0.05, 0) is 41.1 Å². The second kappa shape index (κ2) is 5.02. The van der Waals surface area contributed by atoms with Crippen molar-refractivity contribution in [3.8, 4) is 6.07 Å². The highest BCUT2D eigenvalue weighted by Crippen LogP contribution is 2.23. The van der Waals surface area contributed by atoms with Crippen molar-refractivity contribution in [3.05, 3.63) is 46.1 Å². The zero-order valence-electron chi connectivity index (χ0n) is 9.20. The number of nitrogens with one attached hydrogen (secondary N) is 1. The number of halogens is 1. The third kappa shape index (κ3) is 2.86. The first-order valence-electron chi connectivity index (χ1n) is 5.04. The molecule has 0 atom stereocenters. The molecule has 1 heterocycles. The van der Waals surface area contributed by atoms with Crippen LogP contribution in [0.4, 0.5) is 5.69 Å². The van der Waals surface area contributed by atoms with Crippen molar-refractivity contribution in [3.63, 3.8) is 0 Å². The first kappa shape index (κ1) is 11.7. The van der Waals surface area contributed by atoms with Gasteiger partial charge in [-0.1, -0.05) is 0 Å². The van der Waals surface area contributed by atoms with Crippen molar-refractivity contribution in [2.45, 2.75) is 13.5 Å². The van der Waals surface area contributed by atoms with Gasteiger partial charge in [-0.2, -0.15) is 5.26 Å². The molecule has 0 aliphatic rings. The molecule has 17 heavy (non-hydrogen) atoms. The fourth-order valence-corrected chi connectivity index (χ4v) is 1.90. The minimum absolute atomic E-state index is 0.512. The number of aryl methyl sites for hydroxylation is 1. The fraction of sp³-hybridized carbons (Fsp3) is 0.167. The van der Waals surface area contributed by atoms with Gasteiger partial charge in [-0.15, -0.1) is 0 Å². The van der Waals surface area contributed by atoms with Gasteiger partial charge in [0, 0.05) is 10.2 Å². The number of benzene rings is 1. The first-order valence-corrected chi connectivity index (χ1v) is 5.83. The van der Waals surface area contributed by atoms with E-state index in [0.717, 1.165) is 15.9 Å². The van der Waals surface area contributed by atoms with Gasteiger partial charge in [-0.3, -0.25) is 0 Å². The van der Waals surface area contributed by atoms with E-state index in [9.17, 15) is 0 Å². The number of oxazole rings is 1. The molecule has 5 heteroatoms. The molecule has 2 aromatic rings. The van der Waals surface area contributed by atoms with Crippen LogP contribution < -0.4 is 5.32 Å². The molecule has 1 aromatic heterocycles. The van der Waals surface area contributed by atoms with Crippen molar-refractivity contribution < 1.29 is 4.42 Å². The Kier molecular flexibility index (Phi) is 3.45. The van der Waals surface area contributed by atoms with Crippen molar-refractivity contribution in [1.82, 2.24) is 4.98 Å². The zero-order valence-corrected chi connectivity index (χ0v) is 10.8. The Labute approximate surface area is 107 Å². The van der Waals surface area contributed by atoms with Crippen molar-refractivity contribution in [2.75, 3.05) is 5.32 Å². The van der Waals surface area contributed by atoms with Gasteiger partial charge in [0.15, 0.2) is 0 Å². The van der Waals surface area contributed by atoms with E-state index >= 15 is 0 Å². The van der Waals surface area contributed by atoms with Crippen LogP contribution in [-0.2, 0) is 6.54 Å². The Hall–Kier alpha value is -1.80. The molecule has 1 N–H and O–H groups in total. The zero-order chi connectivity index (χ0) is 12.3. The summed E-state index contributed by atoms with van der Waals surface area (Å²) >= 11 is 3.40. The highest BCUT2D eigenvalue weighted by molar-refractivity contribution is 9.10. The van der Waals surface area contributed by atoms with E-state index in [4.69, 9.17) is 9.68 Å². The smallest absolute Gasteiger partial charge is 0.213 e. The maximum Gasteiger partial charge on any atom is 0.213 e. The summed E-state index contributed by atoms with van der Waals surface area (Å²) in [5, 5.41) is 11.9. The molecule has 2 rings (SSSR count). The molecule has 4 nitrogen and oxygen atoms in total. The highest BCUT2D eigenvalue weighted by Gasteiger charge is 2.03. The maximum absolute atomic E-state index is 8.75. The Morgan fingerprint density at radius 2 is 2.35 bits per heavy atom. The van der Waals surface area contributed by atoms with Gasteiger partial charge in [0.2, 0.25) is 5.89 Å². The highest BCUT2D eigenvalue weighted by atomic mass is 79.9. The Balaban J connectivity index is 2.07. The molecule has 0 aliphatic carbocycles. The van der Waals surface area contributed by atoms with Crippen LogP contribution in [0.1, 0.15) is 17.2 Å². The van der Waals surface area contributed by atoms with E-state index in [-0.39, 0.29) is 0 Å². The lowest BCUT2D eigenvalue weighted by Crippen LogP contribution is -2.00. The number of nitriles is 1. The summed E-state index contributed by atoms with van der Waals surface area (Å²) in [6, 6.07) is 7.45. The number of nitrogens with zero attached hydrogens (tertiary/aromatic N) is 2. The normalized spacial score (nSPS) is 9.94. The Bertz CT molecular complexity index is 571. The second-order valence-electron chi connectivity index (χ2n) is 3.52. The average Bonchev–Trinajstić information content (AvgIpc) is 2.73. The number of hydrogen-bond acceptors (Lipinski definition) is 4. The lowest BCUT2D eigenvalue weighted by atomic mass is 10.2. The van der Waals surface area contributed by atoms with Crippen molar-refractivity contribution in [1.29, 1.82) is 5.26 Å². The molecule has 0 bridgehead atoms. The monoisotopic (exact) mass is 291 g/mol. The summed E-state index contributed by atoms with van der Waals surface area (Å²) in [6.45, 7) is 2.37. The van der Waals surface area contributed by atoms with Gasteiger partial charge in [0.25, 0.3) is 0 Å². The van der Waals surface area contributed by atoms with Gasteiger partial charge in [0.05, 0.1) is 24.4 Å². The first-order chi connectivity index (χ1) is 8.19. The minimum atomic E-state index is 0.512.